The number of ether oxygens (including phenoxy) is 2. The Morgan fingerprint density at radius 1 is 1.57 bits per heavy atom. The van der Waals surface area contributed by atoms with E-state index in [1.807, 2.05) is 6.92 Å². The normalized spacial score (nSPS) is 19.3. The lowest BCUT2D eigenvalue weighted by atomic mass is 10.1. The minimum Gasteiger partial charge on any atom is -0.435 e. The van der Waals surface area contributed by atoms with Gasteiger partial charge in [-0.1, -0.05) is 18.2 Å². The first-order chi connectivity index (χ1) is 11.0. The summed E-state index contributed by atoms with van der Waals surface area (Å²) in [5.74, 6) is 0.0722. The van der Waals surface area contributed by atoms with Crippen molar-refractivity contribution < 1.29 is 23.0 Å². The highest BCUT2D eigenvalue weighted by atomic mass is 19.3. The minimum absolute atomic E-state index is 0.0722. The summed E-state index contributed by atoms with van der Waals surface area (Å²) < 4.78 is 34.6. The zero-order valence-corrected chi connectivity index (χ0v) is 12.9. The van der Waals surface area contributed by atoms with Crippen LogP contribution in [0.15, 0.2) is 36.9 Å². The molecule has 2 rings (SSSR count). The van der Waals surface area contributed by atoms with E-state index >= 15 is 0 Å². The third kappa shape index (κ3) is 4.92. The molecule has 126 valence electrons. The molecule has 7 heteroatoms. The van der Waals surface area contributed by atoms with Crippen molar-refractivity contribution in [2.75, 3.05) is 19.7 Å². The Bertz CT molecular complexity index is 554. The molecule has 1 aromatic rings. The van der Waals surface area contributed by atoms with Crippen LogP contribution in [-0.4, -0.2) is 43.3 Å². The second kappa shape index (κ2) is 7.92. The first kappa shape index (κ1) is 17.2. The summed E-state index contributed by atoms with van der Waals surface area (Å²) in [5.41, 5.74) is 0.692. The third-order valence-electron chi connectivity index (χ3n) is 3.51. The van der Waals surface area contributed by atoms with Gasteiger partial charge in [0.05, 0.1) is 13.2 Å². The number of halogens is 2. The van der Waals surface area contributed by atoms with Crippen LogP contribution in [0.5, 0.6) is 5.75 Å². The third-order valence-corrected chi connectivity index (χ3v) is 3.51. The van der Waals surface area contributed by atoms with Gasteiger partial charge in [0.15, 0.2) is 0 Å². The number of urea groups is 1. The molecule has 0 radical (unpaired) electrons. The molecule has 5 nitrogen and oxygen atoms in total. The van der Waals surface area contributed by atoms with E-state index in [0.29, 0.717) is 25.3 Å². The van der Waals surface area contributed by atoms with Crippen LogP contribution in [0.4, 0.5) is 13.6 Å². The Morgan fingerprint density at radius 2 is 2.35 bits per heavy atom. The zero-order chi connectivity index (χ0) is 16.8. The van der Waals surface area contributed by atoms with Crippen LogP contribution < -0.4 is 10.1 Å². The SMILES string of the molecule is C=CC(C)NC(=O)N1CCOC(c2cccc(OC(F)F)c2)C1. The molecular formula is C16H20F2N2O3. The predicted molar refractivity (Wildman–Crippen MR) is 81.5 cm³/mol. The molecule has 1 saturated heterocycles. The van der Waals surface area contributed by atoms with Crippen LogP contribution in [0, 0.1) is 0 Å². The fourth-order valence-corrected chi connectivity index (χ4v) is 2.27. The van der Waals surface area contributed by atoms with Gasteiger partial charge in [0.1, 0.15) is 11.9 Å². The Balaban J connectivity index is 2.03. The fraction of sp³-hybridized carbons (Fsp3) is 0.438. The van der Waals surface area contributed by atoms with Crippen LogP contribution in [-0.2, 0) is 4.74 Å². The van der Waals surface area contributed by atoms with Crippen molar-refractivity contribution in [3.05, 3.63) is 42.5 Å². The number of hydrogen-bond donors (Lipinski definition) is 1. The molecule has 1 N–H and O–H groups in total. The van der Waals surface area contributed by atoms with Crippen LogP contribution in [0.1, 0.15) is 18.6 Å². The monoisotopic (exact) mass is 326 g/mol. The molecule has 0 saturated carbocycles. The Kier molecular flexibility index (Phi) is 5.92. The second-order valence-corrected chi connectivity index (χ2v) is 5.23. The van der Waals surface area contributed by atoms with Crippen LogP contribution >= 0.6 is 0 Å². The summed E-state index contributed by atoms with van der Waals surface area (Å²) in [5, 5.41) is 2.80. The highest BCUT2D eigenvalue weighted by Gasteiger charge is 2.26. The maximum atomic E-state index is 12.3. The fourth-order valence-electron chi connectivity index (χ4n) is 2.27. The molecule has 2 amide bonds. The van der Waals surface area contributed by atoms with Gasteiger partial charge in [0, 0.05) is 12.6 Å². The quantitative estimate of drug-likeness (QED) is 0.847. The standard InChI is InChI=1S/C16H20F2N2O3/c1-3-11(2)19-16(21)20-7-8-22-14(10-20)12-5-4-6-13(9-12)23-15(17)18/h3-6,9,11,14-15H,1,7-8,10H2,2H3,(H,19,21). The topological polar surface area (TPSA) is 50.8 Å². The minimum atomic E-state index is -2.87. The van der Waals surface area contributed by atoms with Gasteiger partial charge < -0.3 is 19.7 Å². The summed E-state index contributed by atoms with van der Waals surface area (Å²) in [4.78, 5) is 13.8. The summed E-state index contributed by atoms with van der Waals surface area (Å²) in [6.45, 7) is 3.76. The number of carbonyl (C=O) groups excluding carboxylic acids is 1. The van der Waals surface area contributed by atoms with Gasteiger partial charge >= 0.3 is 12.6 Å². The molecule has 1 aliphatic rings. The molecule has 1 aliphatic heterocycles. The largest absolute Gasteiger partial charge is 0.435 e. The highest BCUT2D eigenvalue weighted by molar-refractivity contribution is 5.74. The van der Waals surface area contributed by atoms with Gasteiger partial charge in [-0.25, -0.2) is 4.79 Å². The zero-order valence-electron chi connectivity index (χ0n) is 12.9. The summed E-state index contributed by atoms with van der Waals surface area (Å²) >= 11 is 0. The molecule has 0 aliphatic carbocycles. The number of alkyl halides is 2. The van der Waals surface area contributed by atoms with Gasteiger partial charge in [0.2, 0.25) is 0 Å². The van der Waals surface area contributed by atoms with Crippen molar-refractivity contribution in [1.82, 2.24) is 10.2 Å². The van der Waals surface area contributed by atoms with E-state index in [-0.39, 0.29) is 23.9 Å². The van der Waals surface area contributed by atoms with Gasteiger partial charge in [-0.2, -0.15) is 8.78 Å². The number of amides is 2. The average molecular weight is 326 g/mol. The molecule has 2 unspecified atom stereocenters. The van der Waals surface area contributed by atoms with Crippen LogP contribution in [0.3, 0.4) is 0 Å². The molecule has 1 aromatic carbocycles. The second-order valence-electron chi connectivity index (χ2n) is 5.23. The number of benzene rings is 1. The number of hydrogen-bond acceptors (Lipinski definition) is 3. The van der Waals surface area contributed by atoms with Crippen molar-refractivity contribution in [1.29, 1.82) is 0 Å². The van der Waals surface area contributed by atoms with Crippen molar-refractivity contribution in [3.63, 3.8) is 0 Å². The van der Waals surface area contributed by atoms with Gasteiger partial charge in [-0.3, -0.25) is 0 Å². The van der Waals surface area contributed by atoms with Crippen LogP contribution in [0.25, 0.3) is 0 Å². The Labute approximate surface area is 133 Å². The Morgan fingerprint density at radius 3 is 3.04 bits per heavy atom. The summed E-state index contributed by atoms with van der Waals surface area (Å²) in [6.07, 6.45) is 1.26. The van der Waals surface area contributed by atoms with E-state index in [9.17, 15) is 13.6 Å². The molecule has 0 aromatic heterocycles. The van der Waals surface area contributed by atoms with Gasteiger partial charge in [0.25, 0.3) is 0 Å². The number of nitrogens with zero attached hydrogens (tertiary/aromatic N) is 1. The van der Waals surface area contributed by atoms with Gasteiger partial charge in [-0.15, -0.1) is 6.58 Å². The lowest BCUT2D eigenvalue weighted by Gasteiger charge is -2.33. The van der Waals surface area contributed by atoms with E-state index < -0.39 is 6.61 Å². The highest BCUT2D eigenvalue weighted by Crippen LogP contribution is 2.26. The lowest BCUT2D eigenvalue weighted by Crippen LogP contribution is -2.49. The van der Waals surface area contributed by atoms with E-state index in [4.69, 9.17) is 4.74 Å². The van der Waals surface area contributed by atoms with Crippen molar-refractivity contribution in [3.8, 4) is 5.75 Å². The van der Waals surface area contributed by atoms with Crippen molar-refractivity contribution in [2.45, 2.75) is 25.7 Å². The molecule has 1 fully saturated rings. The maximum absolute atomic E-state index is 12.3. The van der Waals surface area contributed by atoms with Crippen molar-refractivity contribution >= 4 is 6.03 Å². The number of rotatable bonds is 5. The van der Waals surface area contributed by atoms with Crippen molar-refractivity contribution in [2.24, 2.45) is 0 Å². The van der Waals surface area contributed by atoms with E-state index in [0.717, 1.165) is 0 Å². The number of morpholine rings is 1. The number of nitrogens with one attached hydrogen (secondary N) is 1. The summed E-state index contributed by atoms with van der Waals surface area (Å²) in [7, 11) is 0. The van der Waals surface area contributed by atoms with Gasteiger partial charge in [-0.05, 0) is 24.6 Å². The molecule has 23 heavy (non-hydrogen) atoms. The van der Waals surface area contributed by atoms with E-state index in [1.165, 1.54) is 12.1 Å². The molecule has 1 heterocycles. The smallest absolute Gasteiger partial charge is 0.387 e. The lowest BCUT2D eigenvalue weighted by molar-refractivity contribution is -0.0503. The first-order valence-electron chi connectivity index (χ1n) is 7.34. The van der Waals surface area contributed by atoms with E-state index in [2.05, 4.69) is 16.6 Å². The Hall–Kier alpha value is -2.15. The maximum Gasteiger partial charge on any atom is 0.387 e. The average Bonchev–Trinajstić information content (AvgIpc) is 2.54. The first-order valence-corrected chi connectivity index (χ1v) is 7.34. The molecular weight excluding hydrogens is 306 g/mol. The summed E-state index contributed by atoms with van der Waals surface area (Å²) in [6, 6.07) is 6.00. The molecule has 2 atom stereocenters. The predicted octanol–water partition coefficient (Wildman–Crippen LogP) is 2.95. The van der Waals surface area contributed by atoms with Crippen LogP contribution in [0.2, 0.25) is 0 Å². The molecule has 0 spiro atoms. The van der Waals surface area contributed by atoms with E-state index in [1.54, 1.807) is 23.1 Å². The number of carbonyl (C=O) groups is 1. The molecule has 0 bridgehead atoms.